The van der Waals surface area contributed by atoms with E-state index in [1.54, 1.807) is 0 Å². The Hall–Kier alpha value is -0.120. The number of rotatable bonds is 0. The number of nitrogens with one attached hydrogen (secondary N) is 1. The summed E-state index contributed by atoms with van der Waals surface area (Å²) < 4.78 is 0. The van der Waals surface area contributed by atoms with Gasteiger partial charge in [-0.2, -0.15) is 0 Å². The molecule has 1 N–H and O–H groups in total. The van der Waals surface area contributed by atoms with Crippen molar-refractivity contribution in [1.29, 1.82) is 0 Å². The van der Waals surface area contributed by atoms with E-state index >= 15 is 0 Å². The zero-order valence-corrected chi connectivity index (χ0v) is 7.39. The molecule has 0 aromatic heterocycles. The van der Waals surface area contributed by atoms with E-state index in [9.17, 15) is 0 Å². The van der Waals surface area contributed by atoms with Gasteiger partial charge in [-0.05, 0) is 20.8 Å². The monoisotopic (exact) mass is 147 g/mol. The predicted molar refractivity (Wildman–Crippen MR) is 40.2 cm³/mol. The van der Waals surface area contributed by atoms with Crippen LogP contribution in [0.5, 0.6) is 0 Å². The van der Waals surface area contributed by atoms with Gasteiger partial charge in [0.05, 0.1) is 0 Å². The first-order chi connectivity index (χ1) is 4.63. The van der Waals surface area contributed by atoms with Crippen molar-refractivity contribution in [3.05, 3.63) is 0 Å². The molecule has 0 radical (unpaired) electrons. The Bertz CT molecular complexity index is 93.6. The maximum Gasteiger partial charge on any atom is 0.115 e. The van der Waals surface area contributed by atoms with Gasteiger partial charge in [0.25, 0.3) is 0 Å². The molecule has 0 amide bonds. The first-order valence-electron chi connectivity index (χ1n) is 3.71. The molecule has 3 heteroatoms. The summed E-state index contributed by atoms with van der Waals surface area (Å²) in [4.78, 5) is 9.88. The third-order valence-electron chi connectivity index (χ3n) is 1.51. The Kier molecular flexibility index (Phi) is 3.86. The van der Waals surface area contributed by atoms with Crippen molar-refractivity contribution in [2.45, 2.75) is 46.3 Å². The molecule has 0 saturated carbocycles. The van der Waals surface area contributed by atoms with Crippen LogP contribution in [0, 0.1) is 0 Å². The van der Waals surface area contributed by atoms with Gasteiger partial charge >= 0.3 is 0 Å². The van der Waals surface area contributed by atoms with E-state index in [4.69, 9.17) is 9.68 Å². The van der Waals surface area contributed by atoms with Crippen LogP contribution in [-0.4, -0.2) is 11.7 Å². The summed E-state index contributed by atoms with van der Waals surface area (Å²) in [6.45, 7) is 9.90. The average molecular weight is 147 g/mol. The molecule has 1 aliphatic heterocycles. The molecule has 1 atom stereocenters. The summed E-state index contributed by atoms with van der Waals surface area (Å²) in [6.07, 6.45) is 0.127. The molecular formula is C7H17NO2. The van der Waals surface area contributed by atoms with E-state index in [0.717, 1.165) is 0 Å². The average Bonchev–Trinajstić information content (AvgIpc) is 2.17. The van der Waals surface area contributed by atoms with Gasteiger partial charge in [-0.1, -0.05) is 19.5 Å². The second-order valence-corrected chi connectivity index (χ2v) is 2.55. The quantitative estimate of drug-likeness (QED) is 0.565. The number of hydrogen-bond acceptors (Lipinski definition) is 3. The van der Waals surface area contributed by atoms with Crippen molar-refractivity contribution in [3.63, 3.8) is 0 Å². The molecule has 1 unspecified atom stereocenters. The van der Waals surface area contributed by atoms with E-state index < -0.39 is 0 Å². The third kappa shape index (κ3) is 2.25. The largest absolute Gasteiger partial charge is 0.271 e. The highest BCUT2D eigenvalue weighted by Crippen LogP contribution is 2.20. The summed E-state index contributed by atoms with van der Waals surface area (Å²) in [5, 5.41) is 0. The Morgan fingerprint density at radius 2 is 1.80 bits per heavy atom. The molecule has 0 aliphatic carbocycles. The SMILES string of the molecule is CC.CC1ONOC1(C)C. The van der Waals surface area contributed by atoms with Crippen molar-refractivity contribution in [3.8, 4) is 0 Å². The third-order valence-corrected chi connectivity index (χ3v) is 1.51. The summed E-state index contributed by atoms with van der Waals surface area (Å²) in [7, 11) is 0. The molecular weight excluding hydrogens is 130 g/mol. The zero-order chi connectivity index (χ0) is 8.20. The summed E-state index contributed by atoms with van der Waals surface area (Å²) in [6, 6.07) is 0. The lowest BCUT2D eigenvalue weighted by Gasteiger charge is -2.16. The van der Waals surface area contributed by atoms with Crippen LogP contribution >= 0.6 is 0 Å². The highest BCUT2D eigenvalue weighted by atomic mass is 17.0. The molecule has 1 rings (SSSR count). The van der Waals surface area contributed by atoms with Crippen LogP contribution in [0.2, 0.25) is 0 Å². The van der Waals surface area contributed by atoms with Crippen LogP contribution in [0.1, 0.15) is 34.6 Å². The smallest absolute Gasteiger partial charge is 0.115 e. The second-order valence-electron chi connectivity index (χ2n) is 2.55. The maximum absolute atomic E-state index is 4.98. The predicted octanol–water partition coefficient (Wildman–Crippen LogP) is 1.65. The molecule has 1 heterocycles. The normalized spacial score (nSPS) is 29.1. The second kappa shape index (κ2) is 3.91. The lowest BCUT2D eigenvalue weighted by Crippen LogP contribution is -2.30. The van der Waals surface area contributed by atoms with Gasteiger partial charge in [-0.3, -0.25) is 9.68 Å². The zero-order valence-electron chi connectivity index (χ0n) is 7.39. The maximum atomic E-state index is 4.98. The van der Waals surface area contributed by atoms with Gasteiger partial charge in [0, 0.05) is 0 Å². The lowest BCUT2D eigenvalue weighted by molar-refractivity contribution is -0.106. The van der Waals surface area contributed by atoms with Crippen molar-refractivity contribution < 1.29 is 9.68 Å². The molecule has 62 valence electrons. The van der Waals surface area contributed by atoms with Crippen LogP contribution in [0.3, 0.4) is 0 Å². The first-order valence-corrected chi connectivity index (χ1v) is 3.71. The van der Waals surface area contributed by atoms with Gasteiger partial charge in [-0.15, -0.1) is 0 Å². The van der Waals surface area contributed by atoms with Gasteiger partial charge in [0.2, 0.25) is 0 Å². The van der Waals surface area contributed by atoms with Crippen molar-refractivity contribution in [2.24, 2.45) is 0 Å². The molecule has 0 spiro atoms. The van der Waals surface area contributed by atoms with E-state index in [-0.39, 0.29) is 11.7 Å². The molecule has 1 fully saturated rings. The molecule has 3 nitrogen and oxygen atoms in total. The van der Waals surface area contributed by atoms with Crippen LogP contribution in [0.15, 0.2) is 0 Å². The van der Waals surface area contributed by atoms with E-state index in [1.165, 1.54) is 0 Å². The Morgan fingerprint density at radius 1 is 1.30 bits per heavy atom. The van der Waals surface area contributed by atoms with Gasteiger partial charge < -0.3 is 0 Å². The summed E-state index contributed by atoms with van der Waals surface area (Å²) in [5.41, 5.74) is 2.18. The summed E-state index contributed by atoms with van der Waals surface area (Å²) in [5.74, 6) is 0. The molecule has 1 aliphatic rings. The molecule has 0 bridgehead atoms. The standard InChI is InChI=1S/C5H11NO2.C2H6/c1-4-5(2,3)8-6-7-4;1-2/h4,6H,1-3H3;1-2H3. The van der Waals surface area contributed by atoms with Crippen molar-refractivity contribution >= 4 is 0 Å². The minimum atomic E-state index is -0.181. The first kappa shape index (κ1) is 9.88. The van der Waals surface area contributed by atoms with Crippen LogP contribution in [-0.2, 0) is 9.68 Å². The fourth-order valence-corrected chi connectivity index (χ4v) is 0.429. The van der Waals surface area contributed by atoms with Crippen molar-refractivity contribution in [1.82, 2.24) is 5.64 Å². The van der Waals surface area contributed by atoms with Gasteiger partial charge in [0.15, 0.2) is 0 Å². The Morgan fingerprint density at radius 3 is 1.90 bits per heavy atom. The van der Waals surface area contributed by atoms with E-state index in [1.807, 2.05) is 34.6 Å². The Balaban J connectivity index is 0.000000371. The Labute approximate surface area is 62.6 Å². The molecule has 1 saturated heterocycles. The fourth-order valence-electron chi connectivity index (χ4n) is 0.429. The molecule has 10 heavy (non-hydrogen) atoms. The summed E-state index contributed by atoms with van der Waals surface area (Å²) >= 11 is 0. The van der Waals surface area contributed by atoms with E-state index in [0.29, 0.717) is 0 Å². The minimum Gasteiger partial charge on any atom is -0.271 e. The fraction of sp³-hybridized carbons (Fsp3) is 1.00. The van der Waals surface area contributed by atoms with Crippen LogP contribution < -0.4 is 5.64 Å². The number of hydrogen-bond donors (Lipinski definition) is 1. The molecule has 0 aromatic rings. The molecule has 0 aromatic carbocycles. The lowest BCUT2D eigenvalue weighted by atomic mass is 10.0. The minimum absolute atomic E-state index is 0.127. The van der Waals surface area contributed by atoms with E-state index in [2.05, 4.69) is 5.64 Å². The van der Waals surface area contributed by atoms with Crippen LogP contribution in [0.4, 0.5) is 0 Å². The highest BCUT2D eigenvalue weighted by Gasteiger charge is 2.34. The highest BCUT2D eigenvalue weighted by molar-refractivity contribution is 4.77. The van der Waals surface area contributed by atoms with Crippen molar-refractivity contribution in [2.75, 3.05) is 0 Å². The van der Waals surface area contributed by atoms with Crippen LogP contribution in [0.25, 0.3) is 0 Å². The van der Waals surface area contributed by atoms with Gasteiger partial charge in [0.1, 0.15) is 11.7 Å². The topological polar surface area (TPSA) is 30.5 Å². The van der Waals surface area contributed by atoms with Gasteiger partial charge in [-0.25, -0.2) is 0 Å².